The summed E-state index contributed by atoms with van der Waals surface area (Å²) in [5.41, 5.74) is 1.38. The van der Waals surface area contributed by atoms with E-state index in [0.29, 0.717) is 17.2 Å². The first-order valence-electron chi connectivity index (χ1n) is 5.00. The minimum atomic E-state index is -0.300. The van der Waals surface area contributed by atoms with E-state index in [4.69, 9.17) is 16.0 Å². The molecule has 1 aromatic heterocycles. The van der Waals surface area contributed by atoms with Gasteiger partial charge in [-0.15, -0.1) is 0 Å². The average molecular weight is 256 g/mol. The second kappa shape index (κ2) is 3.31. The lowest BCUT2D eigenvalue weighted by Crippen LogP contribution is -2.22. The van der Waals surface area contributed by atoms with E-state index < -0.39 is 0 Å². The summed E-state index contributed by atoms with van der Waals surface area (Å²) >= 11 is 7.78. The molecule has 3 rings (SSSR count). The smallest absolute Gasteiger partial charge is 0.408 e. The molecule has 1 unspecified atom stereocenters. The van der Waals surface area contributed by atoms with Crippen LogP contribution in [0.4, 0.5) is 0 Å². The number of hydrogen-bond donors (Lipinski definition) is 0. The molecule has 0 amide bonds. The van der Waals surface area contributed by atoms with Crippen LogP contribution in [0.25, 0.3) is 11.1 Å². The monoisotopic (exact) mass is 255 g/mol. The normalized spacial score (nSPS) is 23.9. The lowest BCUT2D eigenvalue weighted by Gasteiger charge is -2.06. The topological polar surface area (TPSA) is 35.1 Å². The summed E-state index contributed by atoms with van der Waals surface area (Å²) in [6.07, 6.45) is 0. The van der Waals surface area contributed by atoms with Crippen LogP contribution >= 0.6 is 23.4 Å². The maximum Gasteiger partial charge on any atom is 0.419 e. The quantitative estimate of drug-likeness (QED) is 0.774. The van der Waals surface area contributed by atoms with Gasteiger partial charge in [0.1, 0.15) is 0 Å². The molecule has 1 aliphatic heterocycles. The average Bonchev–Trinajstić information content (AvgIpc) is 2.88. The highest BCUT2D eigenvalue weighted by atomic mass is 35.5. The fraction of sp³-hybridized carbons (Fsp3) is 0.364. The van der Waals surface area contributed by atoms with Crippen LogP contribution in [0.2, 0.25) is 5.02 Å². The summed E-state index contributed by atoms with van der Waals surface area (Å²) in [5, 5.41) is 0.621. The molecule has 84 valence electrons. The van der Waals surface area contributed by atoms with Gasteiger partial charge >= 0.3 is 5.76 Å². The maximum atomic E-state index is 11.7. The summed E-state index contributed by atoms with van der Waals surface area (Å²) in [6, 6.07) is 5.24. The van der Waals surface area contributed by atoms with Crippen molar-refractivity contribution in [2.24, 2.45) is 0 Å². The molecule has 1 aromatic carbocycles. The molecule has 0 radical (unpaired) electrons. The van der Waals surface area contributed by atoms with Crippen molar-refractivity contribution in [2.75, 3.05) is 5.75 Å². The van der Waals surface area contributed by atoms with Crippen molar-refractivity contribution in [1.82, 2.24) is 4.57 Å². The number of aromatic nitrogens is 1. The summed E-state index contributed by atoms with van der Waals surface area (Å²) in [4.78, 5) is 11.7. The van der Waals surface area contributed by atoms with Gasteiger partial charge in [-0.2, -0.15) is 11.8 Å². The SMILES string of the molecule is CC1(Cn2c(=O)oc3ccc(Cl)cc32)CS1. The molecule has 1 saturated heterocycles. The number of rotatable bonds is 2. The van der Waals surface area contributed by atoms with Crippen LogP contribution in [-0.4, -0.2) is 15.1 Å². The predicted octanol–water partition coefficient (Wildman–Crippen LogP) is 2.75. The third-order valence-corrected chi connectivity index (χ3v) is 4.40. The van der Waals surface area contributed by atoms with Crippen LogP contribution in [0.1, 0.15) is 6.92 Å². The van der Waals surface area contributed by atoms with E-state index in [1.165, 1.54) is 0 Å². The standard InChI is InChI=1S/C11H10ClNO2S/c1-11(6-16-11)5-13-8-4-7(12)2-3-9(8)15-10(13)14/h2-4H,5-6H2,1H3. The molecule has 16 heavy (non-hydrogen) atoms. The highest BCUT2D eigenvalue weighted by molar-refractivity contribution is 8.07. The molecular weight excluding hydrogens is 246 g/mol. The van der Waals surface area contributed by atoms with Gasteiger partial charge < -0.3 is 4.42 Å². The second-order valence-electron chi connectivity index (χ2n) is 4.30. The Kier molecular flexibility index (Phi) is 2.13. The Labute approximate surface area is 101 Å². The number of hydrogen-bond acceptors (Lipinski definition) is 3. The zero-order valence-electron chi connectivity index (χ0n) is 8.70. The number of halogens is 1. The minimum absolute atomic E-state index is 0.183. The van der Waals surface area contributed by atoms with Crippen LogP contribution in [0.5, 0.6) is 0 Å². The molecule has 3 nitrogen and oxygen atoms in total. The second-order valence-corrected chi connectivity index (χ2v) is 6.30. The fourth-order valence-corrected chi connectivity index (χ4v) is 2.46. The van der Waals surface area contributed by atoms with Crippen LogP contribution < -0.4 is 5.76 Å². The number of benzene rings is 1. The number of fused-ring (bicyclic) bond motifs is 1. The Balaban J connectivity index is 2.17. The van der Waals surface area contributed by atoms with Gasteiger partial charge in [-0.3, -0.25) is 4.57 Å². The molecule has 0 spiro atoms. The summed E-state index contributed by atoms with van der Waals surface area (Å²) in [6.45, 7) is 2.83. The maximum absolute atomic E-state index is 11.7. The van der Waals surface area contributed by atoms with Gasteiger partial charge in [0.25, 0.3) is 0 Å². The Morgan fingerprint density at radius 1 is 1.62 bits per heavy atom. The first-order valence-corrected chi connectivity index (χ1v) is 6.37. The molecule has 1 fully saturated rings. The van der Waals surface area contributed by atoms with Crippen LogP contribution in [0.15, 0.2) is 27.4 Å². The largest absolute Gasteiger partial charge is 0.419 e. The van der Waals surface area contributed by atoms with Crippen molar-refractivity contribution < 1.29 is 4.42 Å². The highest BCUT2D eigenvalue weighted by Gasteiger charge is 2.39. The zero-order valence-corrected chi connectivity index (χ0v) is 10.3. The van der Waals surface area contributed by atoms with Gasteiger partial charge in [0.2, 0.25) is 0 Å². The van der Waals surface area contributed by atoms with Gasteiger partial charge in [-0.05, 0) is 25.1 Å². The van der Waals surface area contributed by atoms with E-state index >= 15 is 0 Å². The van der Waals surface area contributed by atoms with E-state index in [0.717, 1.165) is 11.3 Å². The molecule has 1 aliphatic rings. The molecule has 0 bridgehead atoms. The number of thioether (sulfide) groups is 1. The van der Waals surface area contributed by atoms with E-state index in [1.54, 1.807) is 22.8 Å². The number of nitrogens with zero attached hydrogens (tertiary/aromatic N) is 1. The van der Waals surface area contributed by atoms with E-state index in [1.807, 2.05) is 11.8 Å². The fourth-order valence-electron chi connectivity index (χ4n) is 1.73. The van der Waals surface area contributed by atoms with Crippen molar-refractivity contribution in [3.63, 3.8) is 0 Å². The van der Waals surface area contributed by atoms with Crippen LogP contribution in [0, 0.1) is 0 Å². The third kappa shape index (κ3) is 1.66. The molecule has 0 saturated carbocycles. The van der Waals surface area contributed by atoms with Gasteiger partial charge in [0.15, 0.2) is 5.58 Å². The lowest BCUT2D eigenvalue weighted by atomic mass is 10.2. The molecule has 5 heteroatoms. The molecule has 2 heterocycles. The van der Waals surface area contributed by atoms with Crippen LogP contribution in [-0.2, 0) is 6.54 Å². The molecular formula is C11H10ClNO2S. The van der Waals surface area contributed by atoms with Crippen molar-refractivity contribution in [3.05, 3.63) is 33.8 Å². The Bertz CT molecular complexity index is 612. The highest BCUT2D eigenvalue weighted by Crippen LogP contribution is 2.45. The Hall–Kier alpha value is -0.870. The Morgan fingerprint density at radius 3 is 3.06 bits per heavy atom. The van der Waals surface area contributed by atoms with Crippen molar-refractivity contribution in [2.45, 2.75) is 18.2 Å². The van der Waals surface area contributed by atoms with Crippen molar-refractivity contribution in [3.8, 4) is 0 Å². The molecule has 0 aliphatic carbocycles. The molecule has 1 atom stereocenters. The first-order chi connectivity index (χ1) is 7.57. The summed E-state index contributed by atoms with van der Waals surface area (Å²) in [7, 11) is 0. The van der Waals surface area contributed by atoms with Gasteiger partial charge in [-0.25, -0.2) is 4.79 Å². The van der Waals surface area contributed by atoms with Crippen LogP contribution in [0.3, 0.4) is 0 Å². The molecule has 0 N–H and O–H groups in total. The summed E-state index contributed by atoms with van der Waals surface area (Å²) in [5.74, 6) is 0.790. The minimum Gasteiger partial charge on any atom is -0.408 e. The van der Waals surface area contributed by atoms with Gasteiger partial charge in [0, 0.05) is 22.1 Å². The van der Waals surface area contributed by atoms with Crippen molar-refractivity contribution >= 4 is 34.5 Å². The zero-order chi connectivity index (χ0) is 11.3. The summed E-state index contributed by atoms with van der Waals surface area (Å²) < 4.78 is 7.02. The predicted molar refractivity (Wildman–Crippen MR) is 66.3 cm³/mol. The van der Waals surface area contributed by atoms with E-state index in [-0.39, 0.29) is 10.5 Å². The van der Waals surface area contributed by atoms with Gasteiger partial charge in [-0.1, -0.05) is 11.6 Å². The Morgan fingerprint density at radius 2 is 2.38 bits per heavy atom. The van der Waals surface area contributed by atoms with E-state index in [9.17, 15) is 4.79 Å². The molecule has 2 aromatic rings. The van der Waals surface area contributed by atoms with E-state index in [2.05, 4.69) is 6.92 Å². The third-order valence-electron chi connectivity index (χ3n) is 2.76. The van der Waals surface area contributed by atoms with Crippen molar-refractivity contribution in [1.29, 1.82) is 0 Å². The number of oxazole rings is 1. The van der Waals surface area contributed by atoms with Gasteiger partial charge in [0.05, 0.1) is 5.52 Å². The first kappa shape index (κ1) is 10.3. The lowest BCUT2D eigenvalue weighted by molar-refractivity contribution is 0.490.